The van der Waals surface area contributed by atoms with Gasteiger partial charge < -0.3 is 19.5 Å². The summed E-state index contributed by atoms with van der Waals surface area (Å²) in [4.78, 5) is 14.6. The zero-order valence-corrected chi connectivity index (χ0v) is 14.2. The number of nitrogens with zero attached hydrogens (tertiary/aromatic N) is 3. The molecule has 2 aromatic rings. The van der Waals surface area contributed by atoms with E-state index < -0.39 is 6.10 Å². The molecule has 7 nitrogen and oxygen atoms in total. The fourth-order valence-corrected chi connectivity index (χ4v) is 2.89. The van der Waals surface area contributed by atoms with E-state index in [0.29, 0.717) is 36.7 Å². The number of aliphatic hydroxyl groups excluding tert-OH is 2. The van der Waals surface area contributed by atoms with Crippen LogP contribution in [0.25, 0.3) is 0 Å². The summed E-state index contributed by atoms with van der Waals surface area (Å²) in [6.45, 7) is 7.02. The van der Waals surface area contributed by atoms with Gasteiger partial charge in [0.25, 0.3) is 5.91 Å². The molecule has 3 rings (SSSR count). The largest absolute Gasteiger partial charge is 0.465 e. The van der Waals surface area contributed by atoms with Crippen LogP contribution in [0.15, 0.2) is 16.5 Å². The Kier molecular flexibility index (Phi) is 4.47. The Hall–Kier alpha value is -2.12. The molecule has 2 aromatic heterocycles. The molecule has 1 unspecified atom stereocenters. The fourth-order valence-electron chi connectivity index (χ4n) is 2.89. The Bertz CT molecular complexity index is 747. The smallest absolute Gasteiger partial charge is 0.257 e. The number of aliphatic hydroxyl groups is 2. The third-order valence-corrected chi connectivity index (χ3v) is 4.35. The van der Waals surface area contributed by atoms with Gasteiger partial charge in [0, 0.05) is 12.5 Å². The first-order valence-electron chi connectivity index (χ1n) is 8.15. The SMILES string of the molecule is Cc1oc(C(C)C)cc1C(=O)N1CCn2nc(C(O)CO)cc2C1. The van der Waals surface area contributed by atoms with Crippen molar-refractivity contribution in [2.75, 3.05) is 13.2 Å². The minimum absolute atomic E-state index is 0.0557. The highest BCUT2D eigenvalue weighted by molar-refractivity contribution is 5.95. The number of carbonyl (C=O) groups excluding carboxylic acids is 1. The molecule has 0 aliphatic carbocycles. The molecule has 1 amide bonds. The molecule has 1 aliphatic rings. The van der Waals surface area contributed by atoms with Crippen LogP contribution in [0.1, 0.15) is 59.1 Å². The lowest BCUT2D eigenvalue weighted by Crippen LogP contribution is -2.38. The zero-order valence-electron chi connectivity index (χ0n) is 14.2. The highest BCUT2D eigenvalue weighted by atomic mass is 16.3. The second-order valence-electron chi connectivity index (χ2n) is 6.48. The van der Waals surface area contributed by atoms with E-state index in [1.165, 1.54) is 0 Å². The van der Waals surface area contributed by atoms with Gasteiger partial charge in [-0.05, 0) is 19.1 Å². The van der Waals surface area contributed by atoms with E-state index in [9.17, 15) is 9.90 Å². The van der Waals surface area contributed by atoms with Crippen molar-refractivity contribution in [1.29, 1.82) is 0 Å². The summed E-state index contributed by atoms with van der Waals surface area (Å²) in [6, 6.07) is 3.57. The Morgan fingerprint density at radius 2 is 2.12 bits per heavy atom. The maximum Gasteiger partial charge on any atom is 0.257 e. The molecule has 0 fully saturated rings. The second kappa shape index (κ2) is 6.41. The van der Waals surface area contributed by atoms with Gasteiger partial charge in [-0.3, -0.25) is 9.48 Å². The number of aryl methyl sites for hydroxylation is 1. The minimum Gasteiger partial charge on any atom is -0.465 e. The van der Waals surface area contributed by atoms with E-state index >= 15 is 0 Å². The zero-order chi connectivity index (χ0) is 17.4. The van der Waals surface area contributed by atoms with Crippen LogP contribution in [0.5, 0.6) is 0 Å². The summed E-state index contributed by atoms with van der Waals surface area (Å²) in [5, 5.41) is 23.0. The van der Waals surface area contributed by atoms with Crippen molar-refractivity contribution in [2.24, 2.45) is 0 Å². The number of carbonyl (C=O) groups is 1. The van der Waals surface area contributed by atoms with E-state index in [1.807, 2.05) is 26.8 Å². The van der Waals surface area contributed by atoms with E-state index in [4.69, 9.17) is 9.52 Å². The molecule has 0 aromatic carbocycles. The summed E-state index contributed by atoms with van der Waals surface area (Å²) in [7, 11) is 0. The van der Waals surface area contributed by atoms with Crippen LogP contribution in [-0.2, 0) is 13.1 Å². The second-order valence-corrected chi connectivity index (χ2v) is 6.48. The van der Waals surface area contributed by atoms with Crippen LogP contribution in [-0.4, -0.2) is 44.0 Å². The van der Waals surface area contributed by atoms with Crippen molar-refractivity contribution in [2.45, 2.75) is 45.9 Å². The average Bonchev–Trinajstić information content (AvgIpc) is 3.16. The molecular weight excluding hydrogens is 310 g/mol. The molecule has 24 heavy (non-hydrogen) atoms. The van der Waals surface area contributed by atoms with Gasteiger partial charge >= 0.3 is 0 Å². The lowest BCUT2D eigenvalue weighted by molar-refractivity contribution is 0.0703. The van der Waals surface area contributed by atoms with Gasteiger partial charge in [-0.1, -0.05) is 13.8 Å². The average molecular weight is 333 g/mol. The summed E-state index contributed by atoms with van der Waals surface area (Å²) >= 11 is 0. The first-order valence-corrected chi connectivity index (χ1v) is 8.15. The Labute approximate surface area is 140 Å². The highest BCUT2D eigenvalue weighted by Gasteiger charge is 2.27. The molecule has 0 spiro atoms. The molecular formula is C17H23N3O4. The summed E-state index contributed by atoms with van der Waals surface area (Å²) in [5.74, 6) is 1.63. The van der Waals surface area contributed by atoms with Gasteiger partial charge in [0.2, 0.25) is 0 Å². The van der Waals surface area contributed by atoms with E-state index in [-0.39, 0.29) is 18.4 Å². The van der Waals surface area contributed by atoms with Crippen molar-refractivity contribution in [3.63, 3.8) is 0 Å². The van der Waals surface area contributed by atoms with Crippen LogP contribution in [0.3, 0.4) is 0 Å². The first kappa shape index (κ1) is 16.7. The van der Waals surface area contributed by atoms with Gasteiger partial charge in [-0.15, -0.1) is 0 Å². The number of amides is 1. The third-order valence-electron chi connectivity index (χ3n) is 4.35. The van der Waals surface area contributed by atoms with Crippen LogP contribution >= 0.6 is 0 Å². The molecule has 0 saturated heterocycles. The number of furan rings is 1. The quantitative estimate of drug-likeness (QED) is 0.886. The van der Waals surface area contributed by atoms with Crippen molar-refractivity contribution >= 4 is 5.91 Å². The van der Waals surface area contributed by atoms with Gasteiger partial charge in [0.1, 0.15) is 17.6 Å². The predicted molar refractivity (Wildman–Crippen MR) is 86.5 cm³/mol. The minimum atomic E-state index is -0.989. The standard InChI is InChI=1S/C17H23N3O4/c1-10(2)16-7-13(11(3)24-16)17(23)19-4-5-20-12(8-19)6-14(18-20)15(22)9-21/h6-7,10,15,21-22H,4-5,8-9H2,1-3H3. The van der Waals surface area contributed by atoms with Gasteiger partial charge in [0.05, 0.1) is 36.6 Å². The number of hydrogen-bond acceptors (Lipinski definition) is 5. The first-order chi connectivity index (χ1) is 11.4. The summed E-state index contributed by atoms with van der Waals surface area (Å²) in [5.41, 5.74) is 1.88. The maximum absolute atomic E-state index is 12.8. The van der Waals surface area contributed by atoms with Crippen LogP contribution in [0, 0.1) is 6.92 Å². The third kappa shape index (κ3) is 2.97. The number of fused-ring (bicyclic) bond motifs is 1. The van der Waals surface area contributed by atoms with E-state index in [1.54, 1.807) is 15.6 Å². The van der Waals surface area contributed by atoms with Gasteiger partial charge in [-0.2, -0.15) is 5.10 Å². The van der Waals surface area contributed by atoms with Gasteiger partial charge in [0.15, 0.2) is 0 Å². The van der Waals surface area contributed by atoms with Crippen molar-refractivity contribution in [3.8, 4) is 0 Å². The summed E-state index contributed by atoms with van der Waals surface area (Å²) in [6.07, 6.45) is -0.989. The molecule has 1 aliphatic heterocycles. The normalized spacial score (nSPS) is 15.7. The molecule has 0 saturated carbocycles. The molecule has 2 N–H and O–H groups in total. The Balaban J connectivity index is 1.80. The maximum atomic E-state index is 12.8. The molecule has 130 valence electrons. The van der Waals surface area contributed by atoms with Crippen LogP contribution < -0.4 is 0 Å². The highest BCUT2D eigenvalue weighted by Crippen LogP contribution is 2.25. The number of rotatable bonds is 4. The molecule has 3 heterocycles. The van der Waals surface area contributed by atoms with Crippen LogP contribution in [0.4, 0.5) is 0 Å². The topological polar surface area (TPSA) is 91.7 Å². The van der Waals surface area contributed by atoms with Crippen LogP contribution in [0.2, 0.25) is 0 Å². The molecule has 0 bridgehead atoms. The lowest BCUT2D eigenvalue weighted by atomic mass is 10.1. The van der Waals surface area contributed by atoms with E-state index in [0.717, 1.165) is 11.5 Å². The van der Waals surface area contributed by atoms with Crippen molar-refractivity contribution in [1.82, 2.24) is 14.7 Å². The number of hydrogen-bond donors (Lipinski definition) is 2. The number of aromatic nitrogens is 2. The van der Waals surface area contributed by atoms with E-state index in [2.05, 4.69) is 5.10 Å². The molecule has 7 heteroatoms. The van der Waals surface area contributed by atoms with Crippen molar-refractivity contribution in [3.05, 3.63) is 40.6 Å². The fraction of sp³-hybridized carbons (Fsp3) is 0.529. The Morgan fingerprint density at radius 1 is 1.38 bits per heavy atom. The summed E-state index contributed by atoms with van der Waals surface area (Å²) < 4.78 is 7.46. The van der Waals surface area contributed by atoms with Gasteiger partial charge in [-0.25, -0.2) is 0 Å². The van der Waals surface area contributed by atoms with Crippen molar-refractivity contribution < 1.29 is 19.4 Å². The monoisotopic (exact) mass is 333 g/mol. The predicted octanol–water partition coefficient (Wildman–Crippen LogP) is 1.59. The molecule has 0 radical (unpaired) electrons. The Morgan fingerprint density at radius 3 is 2.75 bits per heavy atom. The lowest BCUT2D eigenvalue weighted by Gasteiger charge is -2.27. The molecule has 1 atom stereocenters.